The van der Waals surface area contributed by atoms with Gasteiger partial charge in [0.25, 0.3) is 0 Å². The Kier molecular flexibility index (Phi) is 65.1. The monoisotopic (exact) mass is 1110 g/mol. The fourth-order valence-electron chi connectivity index (χ4n) is 10.3. The van der Waals surface area contributed by atoms with Crippen LogP contribution in [0.5, 0.6) is 0 Å². The summed E-state index contributed by atoms with van der Waals surface area (Å²) in [5, 5.41) is 0. The van der Waals surface area contributed by atoms with E-state index in [2.05, 4.69) is 81.5 Å². The highest BCUT2D eigenvalue weighted by Gasteiger charge is 2.19. The molecule has 0 bridgehead atoms. The van der Waals surface area contributed by atoms with E-state index < -0.39 is 6.10 Å². The largest absolute Gasteiger partial charge is 0.462 e. The quantitative estimate of drug-likeness (QED) is 0.0261. The first-order valence-electron chi connectivity index (χ1n) is 34.8. The fourth-order valence-corrected chi connectivity index (χ4v) is 10.3. The zero-order valence-electron chi connectivity index (χ0n) is 52.9. The lowest BCUT2D eigenvalue weighted by atomic mass is 10.0. The third-order valence-corrected chi connectivity index (χ3v) is 15.5. The van der Waals surface area contributed by atoms with Crippen LogP contribution >= 0.6 is 0 Å². The third-order valence-electron chi connectivity index (χ3n) is 15.5. The van der Waals surface area contributed by atoms with Crippen molar-refractivity contribution in [3.05, 3.63) is 60.8 Å². The molecule has 0 radical (unpaired) electrons. The second kappa shape index (κ2) is 67.6. The number of esters is 3. The van der Waals surface area contributed by atoms with Gasteiger partial charge >= 0.3 is 17.9 Å². The molecule has 6 nitrogen and oxygen atoms in total. The Labute approximate surface area is 491 Å². The van der Waals surface area contributed by atoms with Crippen LogP contribution in [0.2, 0.25) is 0 Å². The van der Waals surface area contributed by atoms with Crippen molar-refractivity contribution in [1.29, 1.82) is 0 Å². The zero-order chi connectivity index (χ0) is 57.1. The van der Waals surface area contributed by atoms with Crippen LogP contribution in [0.4, 0.5) is 0 Å². The van der Waals surface area contributed by atoms with E-state index in [0.29, 0.717) is 19.3 Å². The van der Waals surface area contributed by atoms with E-state index >= 15 is 0 Å². The number of ether oxygens (including phenoxy) is 3. The van der Waals surface area contributed by atoms with E-state index in [4.69, 9.17) is 14.2 Å². The maximum absolute atomic E-state index is 12.9. The first-order chi connectivity index (χ1) is 39.0. The van der Waals surface area contributed by atoms with Crippen molar-refractivity contribution >= 4 is 17.9 Å². The van der Waals surface area contributed by atoms with Gasteiger partial charge in [-0.15, -0.1) is 0 Å². The Bertz CT molecular complexity index is 1410. The molecule has 0 amide bonds. The summed E-state index contributed by atoms with van der Waals surface area (Å²) in [5.74, 6) is -0.863. The van der Waals surface area contributed by atoms with Gasteiger partial charge in [-0.1, -0.05) is 326 Å². The second-order valence-electron chi connectivity index (χ2n) is 23.4. The number of hydrogen-bond acceptors (Lipinski definition) is 6. The van der Waals surface area contributed by atoms with Crippen LogP contribution in [0.15, 0.2) is 60.8 Å². The van der Waals surface area contributed by atoms with Crippen LogP contribution in [-0.2, 0) is 28.6 Å². The normalized spacial score (nSPS) is 12.4. The van der Waals surface area contributed by atoms with Crippen LogP contribution < -0.4 is 0 Å². The molecule has 0 saturated carbocycles. The van der Waals surface area contributed by atoms with E-state index in [1.165, 1.54) is 238 Å². The molecule has 0 saturated heterocycles. The number of allylic oxidation sites excluding steroid dienone is 10. The molecular formula is C73H132O6. The Morgan fingerprint density at radius 2 is 0.494 bits per heavy atom. The molecule has 0 heterocycles. The average Bonchev–Trinajstić information content (AvgIpc) is 3.45. The lowest BCUT2D eigenvalue weighted by molar-refractivity contribution is -0.167. The van der Waals surface area contributed by atoms with Crippen LogP contribution in [-0.4, -0.2) is 37.2 Å². The highest BCUT2D eigenvalue weighted by molar-refractivity contribution is 5.71. The summed E-state index contributed by atoms with van der Waals surface area (Å²) in [6, 6.07) is 0. The summed E-state index contributed by atoms with van der Waals surface area (Å²) in [6.07, 6.45) is 87.4. The Morgan fingerprint density at radius 1 is 0.266 bits per heavy atom. The molecule has 79 heavy (non-hydrogen) atoms. The van der Waals surface area contributed by atoms with E-state index in [1.807, 2.05) is 0 Å². The second-order valence-corrected chi connectivity index (χ2v) is 23.4. The van der Waals surface area contributed by atoms with Crippen LogP contribution in [0.3, 0.4) is 0 Å². The standard InChI is InChI=1S/C73H132O6/c1-4-7-10-13-15-17-19-21-23-25-27-29-31-33-35-36-38-39-41-43-45-47-49-51-53-55-57-60-63-66-72(75)78-69-70(68-77-71(74)65-62-59-12-9-6-3)79-73(76)67-64-61-58-56-54-52-50-48-46-44-42-40-37-34-32-30-28-26-24-22-20-18-16-14-11-8-5-2/h7,10,15,17,21,23,26-29,70H,4-6,8-9,11-14,16,18-20,22,24-25,30-69H2,1-3H3/b10-7-,17-15-,23-21-,28-26-,29-27-. The molecule has 1 atom stereocenters. The van der Waals surface area contributed by atoms with Gasteiger partial charge in [0.05, 0.1) is 0 Å². The van der Waals surface area contributed by atoms with Gasteiger partial charge in [-0.2, -0.15) is 0 Å². The minimum absolute atomic E-state index is 0.0698. The minimum atomic E-state index is -0.769. The zero-order valence-corrected chi connectivity index (χ0v) is 52.9. The van der Waals surface area contributed by atoms with Crippen molar-refractivity contribution in [3.63, 3.8) is 0 Å². The summed E-state index contributed by atoms with van der Waals surface area (Å²) in [7, 11) is 0. The lowest BCUT2D eigenvalue weighted by Gasteiger charge is -2.18. The van der Waals surface area contributed by atoms with Crippen LogP contribution in [0.25, 0.3) is 0 Å². The van der Waals surface area contributed by atoms with Gasteiger partial charge in [0.2, 0.25) is 0 Å². The van der Waals surface area contributed by atoms with Gasteiger partial charge < -0.3 is 14.2 Å². The number of unbranched alkanes of at least 4 members (excludes halogenated alkanes) is 43. The van der Waals surface area contributed by atoms with Crippen molar-refractivity contribution in [2.45, 2.75) is 374 Å². The third kappa shape index (κ3) is 65.8. The van der Waals surface area contributed by atoms with Gasteiger partial charge in [0.1, 0.15) is 13.2 Å². The molecule has 0 aliphatic heterocycles. The lowest BCUT2D eigenvalue weighted by Crippen LogP contribution is -2.30. The first-order valence-corrected chi connectivity index (χ1v) is 34.8. The highest BCUT2D eigenvalue weighted by Crippen LogP contribution is 2.18. The predicted octanol–water partition coefficient (Wildman–Crippen LogP) is 23.9. The minimum Gasteiger partial charge on any atom is -0.462 e. The van der Waals surface area contributed by atoms with Gasteiger partial charge in [-0.3, -0.25) is 14.4 Å². The molecule has 460 valence electrons. The van der Waals surface area contributed by atoms with E-state index in [1.54, 1.807) is 0 Å². The molecule has 0 fully saturated rings. The van der Waals surface area contributed by atoms with Gasteiger partial charge in [0.15, 0.2) is 6.10 Å². The van der Waals surface area contributed by atoms with E-state index in [-0.39, 0.29) is 31.1 Å². The smallest absolute Gasteiger partial charge is 0.306 e. The summed E-state index contributed by atoms with van der Waals surface area (Å²) >= 11 is 0. The predicted molar refractivity (Wildman–Crippen MR) is 344 cm³/mol. The number of carbonyl (C=O) groups excluding carboxylic acids is 3. The van der Waals surface area contributed by atoms with E-state index in [0.717, 1.165) is 89.9 Å². The molecular weight excluding hydrogens is 973 g/mol. The van der Waals surface area contributed by atoms with Crippen molar-refractivity contribution in [2.24, 2.45) is 0 Å². The Morgan fingerprint density at radius 3 is 0.785 bits per heavy atom. The maximum Gasteiger partial charge on any atom is 0.306 e. The Hall–Kier alpha value is -2.89. The number of hydrogen-bond donors (Lipinski definition) is 0. The average molecular weight is 1110 g/mol. The fraction of sp³-hybridized carbons (Fsp3) is 0.822. The van der Waals surface area contributed by atoms with Crippen LogP contribution in [0.1, 0.15) is 367 Å². The Balaban J connectivity index is 3.95. The molecule has 0 aliphatic rings. The molecule has 0 aromatic heterocycles. The first kappa shape index (κ1) is 76.1. The van der Waals surface area contributed by atoms with Gasteiger partial charge in [0, 0.05) is 19.3 Å². The van der Waals surface area contributed by atoms with Gasteiger partial charge in [-0.25, -0.2) is 0 Å². The maximum atomic E-state index is 12.9. The number of rotatable bonds is 64. The van der Waals surface area contributed by atoms with Crippen LogP contribution in [0, 0.1) is 0 Å². The van der Waals surface area contributed by atoms with Crippen molar-refractivity contribution in [2.75, 3.05) is 13.2 Å². The summed E-state index contributed by atoms with van der Waals surface area (Å²) < 4.78 is 16.8. The van der Waals surface area contributed by atoms with Gasteiger partial charge in [-0.05, 0) is 83.5 Å². The van der Waals surface area contributed by atoms with E-state index in [9.17, 15) is 14.4 Å². The SMILES string of the molecule is CC/C=C\C/C=C\C/C=C\C/C=C\CCCCCCCCCCCCCCCCCCC(=O)OCC(COC(=O)CCCCCCC)OC(=O)CCCCCCCCCCCCCCCCC/C=C\CCCCCCCCCC. The molecule has 6 heteroatoms. The van der Waals surface area contributed by atoms with Crippen molar-refractivity contribution < 1.29 is 28.6 Å². The molecule has 0 aromatic carbocycles. The topological polar surface area (TPSA) is 78.9 Å². The molecule has 0 rings (SSSR count). The molecule has 0 N–H and O–H groups in total. The summed E-state index contributed by atoms with van der Waals surface area (Å²) in [4.78, 5) is 38.0. The molecule has 0 spiro atoms. The van der Waals surface area contributed by atoms with Crippen molar-refractivity contribution in [3.8, 4) is 0 Å². The summed E-state index contributed by atoms with van der Waals surface area (Å²) in [6.45, 7) is 6.50. The molecule has 1 unspecified atom stereocenters. The van der Waals surface area contributed by atoms with Crippen molar-refractivity contribution in [1.82, 2.24) is 0 Å². The summed E-state index contributed by atoms with van der Waals surface area (Å²) in [5.41, 5.74) is 0. The molecule has 0 aliphatic carbocycles. The number of carbonyl (C=O) groups is 3. The highest BCUT2D eigenvalue weighted by atomic mass is 16.6. The molecule has 0 aromatic rings.